The molecule has 1 amide bonds. The number of thioether (sulfide) groups is 1. The second-order valence-electron chi connectivity index (χ2n) is 6.00. The van der Waals surface area contributed by atoms with Gasteiger partial charge < -0.3 is 5.73 Å². The summed E-state index contributed by atoms with van der Waals surface area (Å²) in [5, 5.41) is 0.507. The Bertz CT molecular complexity index is 1030. The highest BCUT2D eigenvalue weighted by Gasteiger charge is 2.19. The van der Waals surface area contributed by atoms with E-state index in [1.165, 1.54) is 11.8 Å². The van der Waals surface area contributed by atoms with Gasteiger partial charge in [0, 0.05) is 0 Å². The van der Waals surface area contributed by atoms with Crippen molar-refractivity contribution >= 4 is 28.6 Å². The van der Waals surface area contributed by atoms with Crippen LogP contribution in [0, 0.1) is 13.8 Å². The van der Waals surface area contributed by atoms with Gasteiger partial charge in [0.15, 0.2) is 5.16 Å². The van der Waals surface area contributed by atoms with Crippen molar-refractivity contribution in [2.45, 2.75) is 31.2 Å². The Balaban J connectivity index is 2.34. The number of hydrogen-bond acceptors (Lipinski definition) is 4. The third-order valence-electron chi connectivity index (χ3n) is 4.03. The van der Waals surface area contributed by atoms with Gasteiger partial charge in [0.1, 0.15) is 0 Å². The number of fused-ring (bicyclic) bond motifs is 1. The Kier molecular flexibility index (Phi) is 4.63. The molecule has 1 aromatic heterocycles. The molecule has 5 nitrogen and oxygen atoms in total. The van der Waals surface area contributed by atoms with Gasteiger partial charge in [-0.2, -0.15) is 0 Å². The van der Waals surface area contributed by atoms with Crippen molar-refractivity contribution in [2.75, 3.05) is 0 Å². The van der Waals surface area contributed by atoms with E-state index in [4.69, 9.17) is 5.73 Å². The van der Waals surface area contributed by atoms with Crippen LogP contribution in [0.25, 0.3) is 16.6 Å². The third kappa shape index (κ3) is 3.30. The van der Waals surface area contributed by atoms with Crippen molar-refractivity contribution in [3.63, 3.8) is 0 Å². The molecule has 1 atom stereocenters. The van der Waals surface area contributed by atoms with Crippen LogP contribution >= 0.6 is 11.8 Å². The fourth-order valence-corrected chi connectivity index (χ4v) is 3.45. The van der Waals surface area contributed by atoms with Crippen molar-refractivity contribution < 1.29 is 4.79 Å². The van der Waals surface area contributed by atoms with E-state index in [0.717, 1.165) is 16.8 Å². The molecule has 2 N–H and O–H groups in total. The lowest BCUT2D eigenvalue weighted by Crippen LogP contribution is -2.26. The SMILES string of the molecule is Cc1ccc(C)c(-n2c(S[C@@H](C)C(N)=O)nc3ccccc3c2=O)c1. The first kappa shape index (κ1) is 17.2. The maximum atomic E-state index is 13.2. The Hall–Kier alpha value is -2.60. The summed E-state index contributed by atoms with van der Waals surface area (Å²) in [6.45, 7) is 5.63. The second-order valence-corrected chi connectivity index (χ2v) is 7.31. The molecule has 128 valence electrons. The molecule has 25 heavy (non-hydrogen) atoms. The van der Waals surface area contributed by atoms with Crippen LogP contribution < -0.4 is 11.3 Å². The third-order valence-corrected chi connectivity index (χ3v) is 5.10. The number of primary amides is 1. The summed E-state index contributed by atoms with van der Waals surface area (Å²) in [5.74, 6) is -0.445. The first-order valence-electron chi connectivity index (χ1n) is 7.94. The van der Waals surface area contributed by atoms with Gasteiger partial charge >= 0.3 is 0 Å². The standard InChI is InChI=1S/C19H19N3O2S/c1-11-8-9-12(2)16(10-11)22-18(24)14-6-4-5-7-15(14)21-19(22)25-13(3)17(20)23/h4-10,13H,1-3H3,(H2,20,23)/t13-/m0/s1. The van der Waals surface area contributed by atoms with Gasteiger partial charge in [-0.05, 0) is 50.1 Å². The molecule has 0 fully saturated rings. The minimum absolute atomic E-state index is 0.154. The van der Waals surface area contributed by atoms with E-state index in [0.29, 0.717) is 16.1 Å². The summed E-state index contributed by atoms with van der Waals surface area (Å²) in [4.78, 5) is 29.3. The maximum absolute atomic E-state index is 13.2. The van der Waals surface area contributed by atoms with Crippen LogP contribution in [0.4, 0.5) is 0 Å². The molecule has 2 aromatic carbocycles. The Morgan fingerprint density at radius 3 is 2.64 bits per heavy atom. The second kappa shape index (κ2) is 6.72. The zero-order valence-corrected chi connectivity index (χ0v) is 15.1. The quantitative estimate of drug-likeness (QED) is 0.578. The predicted molar refractivity (Wildman–Crippen MR) is 101 cm³/mol. The molecule has 0 saturated heterocycles. The Labute approximate surface area is 149 Å². The average molecular weight is 353 g/mol. The van der Waals surface area contributed by atoms with Gasteiger partial charge in [-0.3, -0.25) is 14.2 Å². The van der Waals surface area contributed by atoms with E-state index in [1.807, 2.05) is 44.2 Å². The minimum atomic E-state index is -0.496. The fourth-order valence-electron chi connectivity index (χ4n) is 2.58. The number of aryl methyl sites for hydroxylation is 2. The van der Waals surface area contributed by atoms with Crippen molar-refractivity contribution in [1.82, 2.24) is 9.55 Å². The van der Waals surface area contributed by atoms with Gasteiger partial charge in [0.2, 0.25) is 5.91 Å². The number of hydrogen-bond donors (Lipinski definition) is 1. The van der Waals surface area contributed by atoms with Crippen molar-refractivity contribution in [3.8, 4) is 5.69 Å². The van der Waals surface area contributed by atoms with Crippen LogP contribution in [0.2, 0.25) is 0 Å². The van der Waals surface area contributed by atoms with E-state index < -0.39 is 11.2 Å². The molecule has 0 bridgehead atoms. The number of para-hydroxylation sites is 1. The molecule has 3 rings (SSSR count). The molecule has 3 aromatic rings. The van der Waals surface area contributed by atoms with Gasteiger partial charge in [-0.15, -0.1) is 0 Å². The smallest absolute Gasteiger partial charge is 0.266 e. The molecular formula is C19H19N3O2S. The molecule has 0 unspecified atom stereocenters. The van der Waals surface area contributed by atoms with Crippen LogP contribution in [0.5, 0.6) is 0 Å². The molecule has 1 heterocycles. The number of rotatable bonds is 4. The Morgan fingerprint density at radius 2 is 1.92 bits per heavy atom. The first-order valence-corrected chi connectivity index (χ1v) is 8.82. The van der Waals surface area contributed by atoms with E-state index in [1.54, 1.807) is 23.6 Å². The Morgan fingerprint density at radius 1 is 1.20 bits per heavy atom. The molecule has 0 aliphatic heterocycles. The number of benzene rings is 2. The van der Waals surface area contributed by atoms with Crippen LogP contribution in [-0.2, 0) is 4.79 Å². The number of carbonyl (C=O) groups is 1. The summed E-state index contributed by atoms with van der Waals surface area (Å²) in [6.07, 6.45) is 0. The number of aromatic nitrogens is 2. The lowest BCUT2D eigenvalue weighted by molar-refractivity contribution is -0.117. The predicted octanol–water partition coefficient (Wildman–Crippen LogP) is 2.97. The van der Waals surface area contributed by atoms with Crippen molar-refractivity contribution in [2.24, 2.45) is 5.73 Å². The number of nitrogens with two attached hydrogens (primary N) is 1. The molecule has 0 aliphatic carbocycles. The van der Waals surface area contributed by atoms with E-state index in [2.05, 4.69) is 4.98 Å². The summed E-state index contributed by atoms with van der Waals surface area (Å²) >= 11 is 1.19. The number of amides is 1. The van der Waals surface area contributed by atoms with Gasteiger partial charge in [0.05, 0.1) is 21.8 Å². The van der Waals surface area contributed by atoms with Crippen LogP contribution in [0.3, 0.4) is 0 Å². The average Bonchev–Trinajstić information content (AvgIpc) is 2.58. The van der Waals surface area contributed by atoms with Crippen LogP contribution in [0.15, 0.2) is 52.4 Å². The van der Waals surface area contributed by atoms with E-state index >= 15 is 0 Å². The summed E-state index contributed by atoms with van der Waals surface area (Å²) in [7, 11) is 0. The highest BCUT2D eigenvalue weighted by molar-refractivity contribution is 8.00. The number of carbonyl (C=O) groups excluding carboxylic acids is 1. The van der Waals surface area contributed by atoms with E-state index in [9.17, 15) is 9.59 Å². The maximum Gasteiger partial charge on any atom is 0.266 e. The molecule has 6 heteroatoms. The normalized spacial score (nSPS) is 12.3. The molecular weight excluding hydrogens is 334 g/mol. The number of nitrogens with zero attached hydrogens (tertiary/aromatic N) is 2. The highest BCUT2D eigenvalue weighted by Crippen LogP contribution is 2.26. The van der Waals surface area contributed by atoms with Gasteiger partial charge in [-0.1, -0.05) is 36.0 Å². The van der Waals surface area contributed by atoms with Crippen LogP contribution in [-0.4, -0.2) is 20.7 Å². The highest BCUT2D eigenvalue weighted by atomic mass is 32.2. The molecule has 0 radical (unpaired) electrons. The lowest BCUT2D eigenvalue weighted by atomic mass is 10.1. The first-order chi connectivity index (χ1) is 11.9. The zero-order chi connectivity index (χ0) is 18.1. The van der Waals surface area contributed by atoms with Crippen molar-refractivity contribution in [1.29, 1.82) is 0 Å². The largest absolute Gasteiger partial charge is 0.369 e. The van der Waals surface area contributed by atoms with Crippen molar-refractivity contribution in [3.05, 3.63) is 63.9 Å². The van der Waals surface area contributed by atoms with Crippen LogP contribution in [0.1, 0.15) is 18.1 Å². The monoisotopic (exact) mass is 353 g/mol. The zero-order valence-electron chi connectivity index (χ0n) is 14.3. The van der Waals surface area contributed by atoms with Gasteiger partial charge in [0.25, 0.3) is 5.56 Å². The van der Waals surface area contributed by atoms with Gasteiger partial charge in [-0.25, -0.2) is 4.98 Å². The molecule has 0 spiro atoms. The molecule has 0 saturated carbocycles. The minimum Gasteiger partial charge on any atom is -0.369 e. The summed E-state index contributed by atoms with van der Waals surface area (Å²) in [5.41, 5.74) is 8.62. The summed E-state index contributed by atoms with van der Waals surface area (Å²) in [6, 6.07) is 13.1. The van der Waals surface area contributed by atoms with E-state index in [-0.39, 0.29) is 5.56 Å². The lowest BCUT2D eigenvalue weighted by Gasteiger charge is -2.17. The fraction of sp³-hybridized carbons (Fsp3) is 0.211. The molecule has 0 aliphatic rings. The topological polar surface area (TPSA) is 78.0 Å². The summed E-state index contributed by atoms with van der Waals surface area (Å²) < 4.78 is 1.58.